The van der Waals surface area contributed by atoms with E-state index in [2.05, 4.69) is 30.7 Å². The Morgan fingerprint density at radius 2 is 1.88 bits per heavy atom. The number of nitrogens with zero attached hydrogens (tertiary/aromatic N) is 2. The van der Waals surface area contributed by atoms with Crippen LogP contribution in [0, 0.1) is 0 Å². The maximum atomic E-state index is 12.5. The number of fused-ring (bicyclic) bond motifs is 1. The fourth-order valence-electron chi connectivity index (χ4n) is 2.69. The molecule has 0 aliphatic rings. The summed E-state index contributed by atoms with van der Waals surface area (Å²) in [4.78, 5) is 19.9. The lowest BCUT2D eigenvalue weighted by Crippen LogP contribution is -2.12. The first kappa shape index (κ1) is 18.2. The molecule has 2 heterocycles. The van der Waals surface area contributed by atoms with Gasteiger partial charge in [0.1, 0.15) is 5.75 Å². The Bertz CT molecular complexity index is 933. The molecule has 0 spiro atoms. The van der Waals surface area contributed by atoms with Crippen molar-refractivity contribution in [3.05, 3.63) is 52.7 Å². The van der Waals surface area contributed by atoms with Crippen molar-refractivity contribution in [2.45, 2.75) is 39.0 Å². The lowest BCUT2D eigenvalue weighted by molar-refractivity contribution is 0.308. The minimum atomic E-state index is -0.153. The second-order valence-electron chi connectivity index (χ2n) is 7.47. The zero-order chi connectivity index (χ0) is 18.7. The number of aromatic nitrogens is 3. The molecule has 0 fully saturated rings. The largest absolute Gasteiger partial charge is 0.494 e. The molecule has 1 aromatic carbocycles. The predicted molar refractivity (Wildman–Crippen MR) is 104 cm³/mol. The van der Waals surface area contributed by atoms with Crippen molar-refractivity contribution in [3.63, 3.8) is 0 Å². The van der Waals surface area contributed by atoms with Crippen molar-refractivity contribution < 1.29 is 4.74 Å². The monoisotopic (exact) mass is 354 g/mol. The Morgan fingerprint density at radius 3 is 2.54 bits per heavy atom. The van der Waals surface area contributed by atoms with Gasteiger partial charge in [-0.2, -0.15) is 0 Å². The normalized spacial score (nSPS) is 11.8. The molecule has 26 heavy (non-hydrogen) atoms. The summed E-state index contributed by atoms with van der Waals surface area (Å²) in [5.74, 6) is 1.35. The Morgan fingerprint density at radius 1 is 1.15 bits per heavy atom. The van der Waals surface area contributed by atoms with E-state index in [1.54, 1.807) is 0 Å². The molecule has 0 bridgehead atoms. The topological polar surface area (TPSA) is 85.4 Å². The molecule has 3 aromatic rings. The summed E-state index contributed by atoms with van der Waals surface area (Å²) in [6.07, 6.45) is 5.68. The molecule has 0 amide bonds. The third kappa shape index (κ3) is 3.96. The Hall–Kier alpha value is -2.60. The van der Waals surface area contributed by atoms with E-state index in [-0.39, 0.29) is 11.0 Å². The molecule has 0 aliphatic heterocycles. The first-order valence-electron chi connectivity index (χ1n) is 8.94. The van der Waals surface area contributed by atoms with Crippen LogP contribution in [0.15, 0.2) is 41.5 Å². The first-order valence-corrected chi connectivity index (χ1v) is 8.94. The molecular weight excluding hydrogens is 328 g/mol. The number of nitrogens with two attached hydrogens (primary N) is 1. The molecule has 0 saturated carbocycles. The second-order valence-corrected chi connectivity index (χ2v) is 7.47. The van der Waals surface area contributed by atoms with E-state index in [1.165, 1.54) is 0 Å². The maximum absolute atomic E-state index is 12.5. The number of imidazole rings is 1. The molecule has 0 aliphatic carbocycles. The molecule has 138 valence electrons. The fourth-order valence-corrected chi connectivity index (χ4v) is 2.69. The molecular formula is C20H26N4O2. The van der Waals surface area contributed by atoms with Gasteiger partial charge in [-0.15, -0.1) is 0 Å². The third-order valence-corrected chi connectivity index (χ3v) is 4.27. The highest BCUT2D eigenvalue weighted by Gasteiger charge is 2.18. The van der Waals surface area contributed by atoms with Crippen LogP contribution < -0.4 is 16.0 Å². The van der Waals surface area contributed by atoms with Gasteiger partial charge in [0.25, 0.3) is 5.56 Å². The lowest BCUT2D eigenvalue weighted by atomic mass is 9.93. The molecule has 0 atom stereocenters. The Kier molecular flexibility index (Phi) is 5.13. The number of hydrogen-bond donors (Lipinski definition) is 2. The fraction of sp³-hybridized carbons (Fsp3) is 0.400. The summed E-state index contributed by atoms with van der Waals surface area (Å²) in [6, 6.07) is 7.57. The van der Waals surface area contributed by atoms with Crippen LogP contribution in [0.3, 0.4) is 0 Å². The van der Waals surface area contributed by atoms with Gasteiger partial charge in [-0.3, -0.25) is 14.2 Å². The standard InChI is InChI=1S/C20H26N4O2/c1-20(2,3)17-13-24-12-16(18(25)23-19(24)22-17)14-6-8-15(9-7-14)26-11-5-4-10-21/h6-9,12-13H,4-5,10-11,21H2,1-3H3,(H,22,23,25). The van der Waals surface area contributed by atoms with Gasteiger partial charge in [0.15, 0.2) is 0 Å². The van der Waals surface area contributed by atoms with E-state index in [0.29, 0.717) is 24.5 Å². The summed E-state index contributed by atoms with van der Waals surface area (Å²) in [5, 5.41) is 0. The summed E-state index contributed by atoms with van der Waals surface area (Å²) in [7, 11) is 0. The molecule has 3 rings (SSSR count). The first-order chi connectivity index (χ1) is 12.4. The van der Waals surface area contributed by atoms with Crippen LogP contribution in [0.25, 0.3) is 16.9 Å². The minimum absolute atomic E-state index is 0.0774. The number of aromatic amines is 1. The highest BCUT2D eigenvalue weighted by Crippen LogP contribution is 2.23. The Labute approximate surface area is 153 Å². The number of H-pyrrole nitrogens is 1. The number of benzene rings is 1. The lowest BCUT2D eigenvalue weighted by Gasteiger charge is -2.13. The molecule has 6 nitrogen and oxygen atoms in total. The number of rotatable bonds is 6. The highest BCUT2D eigenvalue weighted by atomic mass is 16.5. The average Bonchev–Trinajstić information content (AvgIpc) is 3.02. The summed E-state index contributed by atoms with van der Waals surface area (Å²) in [5.41, 5.74) is 7.63. The third-order valence-electron chi connectivity index (χ3n) is 4.27. The van der Waals surface area contributed by atoms with Crippen LogP contribution in [0.2, 0.25) is 0 Å². The van der Waals surface area contributed by atoms with Crippen LogP contribution in [0.1, 0.15) is 39.3 Å². The van der Waals surface area contributed by atoms with Crippen LogP contribution in [-0.4, -0.2) is 27.5 Å². The number of unbranched alkanes of at least 4 members (excludes halogenated alkanes) is 1. The zero-order valence-electron chi connectivity index (χ0n) is 15.6. The van der Waals surface area contributed by atoms with Crippen molar-refractivity contribution in [1.82, 2.24) is 14.4 Å². The summed E-state index contributed by atoms with van der Waals surface area (Å²) in [6.45, 7) is 7.62. The van der Waals surface area contributed by atoms with E-state index in [4.69, 9.17) is 10.5 Å². The van der Waals surface area contributed by atoms with Gasteiger partial charge in [0, 0.05) is 17.8 Å². The van der Waals surface area contributed by atoms with E-state index < -0.39 is 0 Å². The van der Waals surface area contributed by atoms with Gasteiger partial charge in [-0.25, -0.2) is 4.98 Å². The van der Waals surface area contributed by atoms with Gasteiger partial charge >= 0.3 is 0 Å². The van der Waals surface area contributed by atoms with Crippen LogP contribution >= 0.6 is 0 Å². The molecule has 0 saturated heterocycles. The minimum Gasteiger partial charge on any atom is -0.494 e. The van der Waals surface area contributed by atoms with Crippen LogP contribution in [0.4, 0.5) is 0 Å². The Balaban J connectivity index is 1.85. The number of nitrogens with one attached hydrogen (secondary N) is 1. The van der Waals surface area contributed by atoms with Gasteiger partial charge < -0.3 is 10.5 Å². The highest BCUT2D eigenvalue weighted by molar-refractivity contribution is 5.63. The van der Waals surface area contributed by atoms with Crippen LogP contribution in [-0.2, 0) is 5.41 Å². The summed E-state index contributed by atoms with van der Waals surface area (Å²) >= 11 is 0. The second kappa shape index (κ2) is 7.33. The number of hydrogen-bond acceptors (Lipinski definition) is 4. The molecule has 0 unspecified atom stereocenters. The molecule has 0 radical (unpaired) electrons. The number of ether oxygens (including phenoxy) is 1. The van der Waals surface area contributed by atoms with Gasteiger partial charge in [0.05, 0.1) is 17.9 Å². The van der Waals surface area contributed by atoms with Gasteiger partial charge in [0.2, 0.25) is 5.78 Å². The van der Waals surface area contributed by atoms with Crippen molar-refractivity contribution in [3.8, 4) is 16.9 Å². The SMILES string of the molecule is CC(C)(C)c1cn2cc(-c3ccc(OCCCCN)cc3)c(=O)[nH]c2n1. The smallest absolute Gasteiger partial charge is 0.260 e. The van der Waals surface area contributed by atoms with Gasteiger partial charge in [-0.05, 0) is 37.1 Å². The average molecular weight is 354 g/mol. The molecule has 6 heteroatoms. The molecule has 2 aromatic heterocycles. The van der Waals surface area contributed by atoms with Crippen LogP contribution in [0.5, 0.6) is 5.75 Å². The predicted octanol–water partition coefficient (Wildman–Crippen LogP) is 3.10. The van der Waals surface area contributed by atoms with Crippen molar-refractivity contribution in [2.75, 3.05) is 13.2 Å². The van der Waals surface area contributed by atoms with E-state index in [1.807, 2.05) is 41.1 Å². The van der Waals surface area contributed by atoms with Gasteiger partial charge in [-0.1, -0.05) is 32.9 Å². The quantitative estimate of drug-likeness (QED) is 0.666. The maximum Gasteiger partial charge on any atom is 0.260 e. The van der Waals surface area contributed by atoms with Crippen molar-refractivity contribution in [1.29, 1.82) is 0 Å². The van der Waals surface area contributed by atoms with Crippen molar-refractivity contribution in [2.24, 2.45) is 5.73 Å². The van der Waals surface area contributed by atoms with E-state index in [9.17, 15) is 4.79 Å². The molecule has 3 N–H and O–H groups in total. The van der Waals surface area contributed by atoms with E-state index >= 15 is 0 Å². The van der Waals surface area contributed by atoms with Crippen molar-refractivity contribution >= 4 is 5.78 Å². The zero-order valence-corrected chi connectivity index (χ0v) is 15.6. The van der Waals surface area contributed by atoms with E-state index in [0.717, 1.165) is 29.8 Å². The summed E-state index contributed by atoms with van der Waals surface area (Å²) < 4.78 is 7.55.